The number of hydrogen-bond acceptors (Lipinski definition) is 6. The van der Waals surface area contributed by atoms with Crippen molar-refractivity contribution in [2.45, 2.75) is 27.7 Å². The Bertz CT molecular complexity index is 412. The van der Waals surface area contributed by atoms with E-state index in [1.54, 1.807) is 0 Å². The third kappa shape index (κ3) is 14.7. The number of hydrogen-bond donors (Lipinski definition) is 2. The topological polar surface area (TPSA) is 115 Å². The first-order valence-electron chi connectivity index (χ1n) is 7.51. The van der Waals surface area contributed by atoms with Gasteiger partial charge in [0.25, 0.3) is 20.2 Å². The second-order valence-electron chi connectivity index (χ2n) is 4.26. The lowest BCUT2D eigenvalue weighted by molar-refractivity contribution is 0.143. The summed E-state index contributed by atoms with van der Waals surface area (Å²) in [5.74, 6) is -0.587. The second kappa shape index (κ2) is 12.2. The van der Waals surface area contributed by atoms with Crippen molar-refractivity contribution in [3.05, 3.63) is 0 Å². The quantitative estimate of drug-likeness (QED) is 0.654. The van der Waals surface area contributed by atoms with Gasteiger partial charge in [0, 0.05) is 39.3 Å². The van der Waals surface area contributed by atoms with E-state index in [1.807, 2.05) is 37.5 Å². The molecule has 0 radical (unpaired) electrons. The Morgan fingerprint density at radius 2 is 0.909 bits per heavy atom. The zero-order valence-corrected chi connectivity index (χ0v) is 15.5. The number of piperazine rings is 1. The fourth-order valence-corrected chi connectivity index (χ4v) is 2.70. The van der Waals surface area contributed by atoms with Crippen LogP contribution in [0.3, 0.4) is 0 Å². The Hall–Kier alpha value is -0.260. The van der Waals surface area contributed by atoms with Crippen LogP contribution in [-0.4, -0.2) is 86.5 Å². The van der Waals surface area contributed by atoms with E-state index < -0.39 is 20.2 Å². The fourth-order valence-electron chi connectivity index (χ4n) is 1.73. The van der Waals surface area contributed by atoms with E-state index in [0.717, 1.165) is 0 Å². The molecule has 0 unspecified atom stereocenters. The van der Waals surface area contributed by atoms with Gasteiger partial charge in [0.15, 0.2) is 0 Å². The van der Waals surface area contributed by atoms with Crippen molar-refractivity contribution in [3.8, 4) is 0 Å². The molecule has 0 aromatic rings. The highest BCUT2D eigenvalue weighted by Crippen LogP contribution is 2.02. The maximum atomic E-state index is 10.6. The van der Waals surface area contributed by atoms with Crippen molar-refractivity contribution < 1.29 is 25.9 Å². The minimum Gasteiger partial charge on any atom is -0.300 e. The van der Waals surface area contributed by atoms with Gasteiger partial charge in [-0.25, -0.2) is 0 Å². The molecule has 1 heterocycles. The van der Waals surface area contributed by atoms with Crippen LogP contribution in [-0.2, 0) is 20.2 Å². The van der Waals surface area contributed by atoms with E-state index in [4.69, 9.17) is 9.11 Å². The van der Waals surface area contributed by atoms with Crippen molar-refractivity contribution >= 4 is 20.2 Å². The molecule has 0 aliphatic carbocycles. The summed E-state index contributed by atoms with van der Waals surface area (Å²) in [6.45, 7) is 11.0. The zero-order valence-electron chi connectivity index (χ0n) is 13.9. The van der Waals surface area contributed by atoms with Crippen LogP contribution in [0.4, 0.5) is 0 Å². The van der Waals surface area contributed by atoms with Crippen LogP contribution in [0.1, 0.15) is 27.7 Å². The van der Waals surface area contributed by atoms with Crippen LogP contribution in [0.15, 0.2) is 0 Å². The van der Waals surface area contributed by atoms with Gasteiger partial charge in [-0.1, -0.05) is 27.7 Å². The molecule has 10 heteroatoms. The molecule has 2 N–H and O–H groups in total. The molecular weight excluding hydrogens is 332 g/mol. The van der Waals surface area contributed by atoms with Crippen molar-refractivity contribution in [1.29, 1.82) is 0 Å². The van der Waals surface area contributed by atoms with Gasteiger partial charge in [0.1, 0.15) is 0 Å². The van der Waals surface area contributed by atoms with Gasteiger partial charge < -0.3 is 0 Å². The molecule has 136 valence electrons. The molecule has 0 spiro atoms. The van der Waals surface area contributed by atoms with Gasteiger partial charge in [0.2, 0.25) is 0 Å². The van der Waals surface area contributed by atoms with Crippen LogP contribution >= 0.6 is 0 Å². The largest absolute Gasteiger partial charge is 0.300 e. The van der Waals surface area contributed by atoms with Gasteiger partial charge in [-0.3, -0.25) is 18.9 Å². The minimum absolute atomic E-state index is 0.269. The molecular formula is C12H30N2O6S2. The predicted octanol–water partition coefficient (Wildman–Crippen LogP) is 0.432. The van der Waals surface area contributed by atoms with E-state index in [2.05, 4.69) is 0 Å². The Labute approximate surface area is 135 Å². The van der Waals surface area contributed by atoms with Crippen molar-refractivity contribution in [2.24, 2.45) is 0 Å². The van der Waals surface area contributed by atoms with Crippen molar-refractivity contribution in [1.82, 2.24) is 9.80 Å². The molecule has 1 saturated heterocycles. The summed E-state index contributed by atoms with van der Waals surface area (Å²) in [5.41, 5.74) is 0. The molecule has 0 aromatic carbocycles. The van der Waals surface area contributed by atoms with Crippen LogP contribution in [0.25, 0.3) is 0 Å². The number of nitrogens with zero attached hydrogens (tertiary/aromatic N) is 2. The lowest BCUT2D eigenvalue weighted by Gasteiger charge is -2.34. The van der Waals surface area contributed by atoms with Crippen molar-refractivity contribution in [3.63, 3.8) is 0 Å². The first-order chi connectivity index (χ1) is 10.2. The van der Waals surface area contributed by atoms with Gasteiger partial charge >= 0.3 is 0 Å². The summed E-state index contributed by atoms with van der Waals surface area (Å²) in [6.07, 6.45) is 0. The SMILES string of the molecule is CC.CC.O=S(=O)(O)CCN1CCN(CCS(=O)(=O)O)CC1. The lowest BCUT2D eigenvalue weighted by Crippen LogP contribution is -2.48. The van der Waals surface area contributed by atoms with Gasteiger partial charge in [0.05, 0.1) is 11.5 Å². The average molecular weight is 363 g/mol. The van der Waals surface area contributed by atoms with E-state index >= 15 is 0 Å². The molecule has 22 heavy (non-hydrogen) atoms. The maximum Gasteiger partial charge on any atom is 0.266 e. The normalized spacial score (nSPS) is 17.0. The van der Waals surface area contributed by atoms with Gasteiger partial charge in [-0.15, -0.1) is 0 Å². The summed E-state index contributed by atoms with van der Waals surface area (Å²) < 4.78 is 59.5. The Kier molecular flexibility index (Phi) is 13.3. The summed E-state index contributed by atoms with van der Waals surface area (Å²) >= 11 is 0. The Morgan fingerprint density at radius 1 is 0.682 bits per heavy atom. The van der Waals surface area contributed by atoms with Crippen LogP contribution in [0, 0.1) is 0 Å². The molecule has 0 amide bonds. The standard InChI is InChI=1S/C8H18N2O6S2.2C2H6/c11-17(12,13)7-5-9-1-2-10(4-3-9)6-8-18(14,15)16;2*1-2/h1-8H2,(H,11,12,13)(H,14,15,16);2*1-2H3. The Balaban J connectivity index is 0. The zero-order chi connectivity index (χ0) is 17.8. The molecule has 1 rings (SSSR count). The highest BCUT2D eigenvalue weighted by atomic mass is 32.2. The number of rotatable bonds is 6. The van der Waals surface area contributed by atoms with E-state index in [9.17, 15) is 16.8 Å². The molecule has 0 saturated carbocycles. The maximum absolute atomic E-state index is 10.6. The summed E-state index contributed by atoms with van der Waals surface area (Å²) in [4.78, 5) is 3.77. The molecule has 1 aliphatic rings. The molecule has 1 aliphatic heterocycles. The minimum atomic E-state index is -3.93. The fraction of sp³-hybridized carbons (Fsp3) is 1.00. The molecule has 1 fully saturated rings. The van der Waals surface area contributed by atoms with Crippen LogP contribution in [0.2, 0.25) is 0 Å². The predicted molar refractivity (Wildman–Crippen MR) is 88.4 cm³/mol. The Morgan fingerprint density at radius 3 is 1.09 bits per heavy atom. The van der Waals surface area contributed by atoms with Crippen LogP contribution < -0.4 is 0 Å². The summed E-state index contributed by atoms with van der Waals surface area (Å²) in [5, 5.41) is 0. The average Bonchev–Trinajstić information content (AvgIpc) is 2.47. The lowest BCUT2D eigenvalue weighted by atomic mass is 10.3. The first-order valence-corrected chi connectivity index (χ1v) is 10.7. The van der Waals surface area contributed by atoms with Crippen LogP contribution in [0.5, 0.6) is 0 Å². The molecule has 8 nitrogen and oxygen atoms in total. The second-order valence-corrected chi connectivity index (χ2v) is 7.40. The highest BCUT2D eigenvalue weighted by molar-refractivity contribution is 7.86. The molecule has 0 aromatic heterocycles. The summed E-state index contributed by atoms with van der Waals surface area (Å²) in [6, 6.07) is 0. The third-order valence-corrected chi connectivity index (χ3v) is 4.19. The van der Waals surface area contributed by atoms with Crippen molar-refractivity contribution in [2.75, 3.05) is 50.8 Å². The van der Waals surface area contributed by atoms with Gasteiger partial charge in [-0.05, 0) is 0 Å². The monoisotopic (exact) mass is 362 g/mol. The molecule has 0 bridgehead atoms. The highest BCUT2D eigenvalue weighted by Gasteiger charge is 2.19. The third-order valence-electron chi connectivity index (χ3n) is 2.80. The molecule has 0 atom stereocenters. The van der Waals surface area contributed by atoms with E-state index in [1.165, 1.54) is 0 Å². The van der Waals surface area contributed by atoms with E-state index in [0.29, 0.717) is 26.2 Å². The summed E-state index contributed by atoms with van der Waals surface area (Å²) in [7, 11) is -7.87. The van der Waals surface area contributed by atoms with E-state index in [-0.39, 0.29) is 24.6 Å². The van der Waals surface area contributed by atoms with Gasteiger partial charge in [-0.2, -0.15) is 16.8 Å². The smallest absolute Gasteiger partial charge is 0.266 e. The first kappa shape index (κ1) is 24.0.